The zero-order valence-electron chi connectivity index (χ0n) is 16.9. The number of likely N-dealkylation sites (N-methyl/N-ethyl adjacent to an activating group) is 1. The third kappa shape index (κ3) is 3.10. The largest absolute Gasteiger partial charge is 0.347 e. The van der Waals surface area contributed by atoms with Crippen LogP contribution < -0.4 is 0 Å². The average Bonchev–Trinajstić information content (AvgIpc) is 3.25. The SMILES string of the molecule is CCN1C(=O)N(Cc2ccccc2)C2(CCN(C(=O)c3cccn3C)CC2)C1=O. The van der Waals surface area contributed by atoms with Gasteiger partial charge in [0, 0.05) is 39.4 Å². The van der Waals surface area contributed by atoms with E-state index < -0.39 is 5.54 Å². The van der Waals surface area contributed by atoms with Crippen LogP contribution >= 0.6 is 0 Å². The van der Waals surface area contributed by atoms with Crippen LogP contribution in [0, 0.1) is 0 Å². The number of amides is 4. The van der Waals surface area contributed by atoms with Gasteiger partial charge in [0.25, 0.3) is 11.8 Å². The fourth-order valence-corrected chi connectivity index (χ4v) is 4.45. The second-order valence-corrected chi connectivity index (χ2v) is 7.73. The van der Waals surface area contributed by atoms with Gasteiger partial charge in [0.15, 0.2) is 0 Å². The molecule has 7 nitrogen and oxygen atoms in total. The van der Waals surface area contributed by atoms with Gasteiger partial charge in [-0.3, -0.25) is 14.5 Å². The number of carbonyl (C=O) groups is 3. The molecule has 29 heavy (non-hydrogen) atoms. The quantitative estimate of drug-likeness (QED) is 0.749. The predicted molar refractivity (Wildman–Crippen MR) is 108 cm³/mol. The summed E-state index contributed by atoms with van der Waals surface area (Å²) in [5.41, 5.74) is 0.757. The average molecular weight is 394 g/mol. The van der Waals surface area contributed by atoms with Crippen molar-refractivity contribution in [2.75, 3.05) is 19.6 Å². The number of aromatic nitrogens is 1. The monoisotopic (exact) mass is 394 g/mol. The summed E-state index contributed by atoms with van der Waals surface area (Å²) in [7, 11) is 1.85. The van der Waals surface area contributed by atoms with E-state index in [-0.39, 0.29) is 17.8 Å². The first-order chi connectivity index (χ1) is 14.0. The summed E-state index contributed by atoms with van der Waals surface area (Å²) in [5, 5.41) is 0. The number of imide groups is 1. The smallest absolute Gasteiger partial charge is 0.327 e. The molecule has 2 aliphatic rings. The fraction of sp³-hybridized carbons (Fsp3) is 0.409. The number of hydrogen-bond acceptors (Lipinski definition) is 3. The van der Waals surface area contributed by atoms with E-state index in [0.717, 1.165) is 5.56 Å². The summed E-state index contributed by atoms with van der Waals surface area (Å²) in [6, 6.07) is 13.1. The Morgan fingerprint density at radius 2 is 1.72 bits per heavy atom. The summed E-state index contributed by atoms with van der Waals surface area (Å²) >= 11 is 0. The van der Waals surface area contributed by atoms with E-state index in [1.807, 2.05) is 56.6 Å². The van der Waals surface area contributed by atoms with Crippen molar-refractivity contribution in [3.8, 4) is 0 Å². The molecule has 0 aliphatic carbocycles. The molecule has 4 rings (SSSR count). The van der Waals surface area contributed by atoms with E-state index in [9.17, 15) is 14.4 Å². The highest BCUT2D eigenvalue weighted by molar-refractivity contribution is 6.07. The molecule has 0 atom stereocenters. The fourth-order valence-electron chi connectivity index (χ4n) is 4.45. The molecule has 2 fully saturated rings. The molecule has 1 aromatic heterocycles. The lowest BCUT2D eigenvalue weighted by Gasteiger charge is -2.42. The molecular formula is C22H26N4O3. The third-order valence-electron chi connectivity index (χ3n) is 6.16. The Morgan fingerprint density at radius 1 is 1.03 bits per heavy atom. The maximum absolute atomic E-state index is 13.2. The molecule has 3 heterocycles. The molecule has 2 aliphatic heterocycles. The molecule has 7 heteroatoms. The number of hydrogen-bond donors (Lipinski definition) is 0. The molecule has 0 radical (unpaired) electrons. The highest BCUT2D eigenvalue weighted by atomic mass is 16.2. The number of rotatable bonds is 4. The summed E-state index contributed by atoms with van der Waals surface area (Å²) in [6.07, 6.45) is 2.76. The number of carbonyl (C=O) groups excluding carboxylic acids is 3. The molecule has 0 saturated carbocycles. The molecule has 152 valence electrons. The van der Waals surface area contributed by atoms with E-state index in [4.69, 9.17) is 0 Å². The van der Waals surface area contributed by atoms with Crippen LogP contribution in [0.5, 0.6) is 0 Å². The number of benzene rings is 1. The van der Waals surface area contributed by atoms with E-state index >= 15 is 0 Å². The van der Waals surface area contributed by atoms with Crippen LogP contribution in [-0.4, -0.2) is 62.3 Å². The topological polar surface area (TPSA) is 65.9 Å². The van der Waals surface area contributed by atoms with Crippen LogP contribution in [0.2, 0.25) is 0 Å². The maximum atomic E-state index is 13.2. The Morgan fingerprint density at radius 3 is 2.31 bits per heavy atom. The highest BCUT2D eigenvalue weighted by Gasteiger charge is 2.57. The van der Waals surface area contributed by atoms with Crippen molar-refractivity contribution in [1.82, 2.24) is 19.3 Å². The number of aryl methyl sites for hydroxylation is 1. The number of urea groups is 1. The second-order valence-electron chi connectivity index (χ2n) is 7.73. The van der Waals surface area contributed by atoms with Crippen molar-refractivity contribution in [3.05, 3.63) is 59.9 Å². The minimum absolute atomic E-state index is 0.0360. The maximum Gasteiger partial charge on any atom is 0.327 e. The lowest BCUT2D eigenvalue weighted by atomic mass is 9.85. The van der Waals surface area contributed by atoms with E-state index in [0.29, 0.717) is 44.7 Å². The third-order valence-corrected chi connectivity index (χ3v) is 6.16. The van der Waals surface area contributed by atoms with Crippen molar-refractivity contribution in [2.45, 2.75) is 31.8 Å². The normalized spacial score (nSPS) is 18.8. The molecule has 1 aromatic carbocycles. The standard InChI is InChI=1S/C22H26N4O3/c1-3-25-20(28)22(26(21(25)29)16-17-8-5-4-6-9-17)11-14-24(15-12-22)19(27)18-10-7-13-23(18)2/h4-10,13H,3,11-12,14-16H2,1-2H3. The van der Waals surface area contributed by atoms with Gasteiger partial charge in [0.05, 0.1) is 0 Å². The lowest BCUT2D eigenvalue weighted by Crippen LogP contribution is -2.57. The van der Waals surface area contributed by atoms with Gasteiger partial charge in [-0.15, -0.1) is 0 Å². The Balaban J connectivity index is 1.57. The first-order valence-corrected chi connectivity index (χ1v) is 10.1. The van der Waals surface area contributed by atoms with Crippen LogP contribution in [0.4, 0.5) is 4.79 Å². The summed E-state index contributed by atoms with van der Waals surface area (Å²) in [5.74, 6) is -0.169. The minimum Gasteiger partial charge on any atom is -0.347 e. The van der Waals surface area contributed by atoms with Gasteiger partial charge in [-0.1, -0.05) is 30.3 Å². The van der Waals surface area contributed by atoms with E-state index in [2.05, 4.69) is 0 Å². The lowest BCUT2D eigenvalue weighted by molar-refractivity contribution is -0.135. The second kappa shape index (κ2) is 7.39. The molecule has 4 amide bonds. The molecule has 0 N–H and O–H groups in total. The van der Waals surface area contributed by atoms with Crippen molar-refractivity contribution in [3.63, 3.8) is 0 Å². The zero-order valence-corrected chi connectivity index (χ0v) is 16.9. The Labute approximate surface area is 170 Å². The van der Waals surface area contributed by atoms with E-state index in [1.54, 1.807) is 20.4 Å². The van der Waals surface area contributed by atoms with Gasteiger partial charge in [-0.25, -0.2) is 4.79 Å². The molecule has 2 aromatic rings. The highest BCUT2D eigenvalue weighted by Crippen LogP contribution is 2.38. The number of piperidine rings is 1. The molecule has 1 spiro atoms. The Bertz CT molecular complexity index is 929. The van der Waals surface area contributed by atoms with Crippen molar-refractivity contribution >= 4 is 17.8 Å². The van der Waals surface area contributed by atoms with Gasteiger partial charge >= 0.3 is 6.03 Å². The van der Waals surface area contributed by atoms with Crippen LogP contribution in [0.25, 0.3) is 0 Å². The summed E-state index contributed by atoms with van der Waals surface area (Å²) < 4.78 is 1.80. The molecule has 2 saturated heterocycles. The van der Waals surface area contributed by atoms with Crippen LogP contribution in [0.15, 0.2) is 48.7 Å². The van der Waals surface area contributed by atoms with Gasteiger partial charge in [-0.05, 0) is 37.5 Å². The predicted octanol–water partition coefficient (Wildman–Crippen LogP) is 2.48. The van der Waals surface area contributed by atoms with Crippen LogP contribution in [0.1, 0.15) is 35.8 Å². The first kappa shape index (κ1) is 19.2. The minimum atomic E-state index is -0.867. The Hall–Kier alpha value is -3.09. The van der Waals surface area contributed by atoms with E-state index in [1.165, 1.54) is 4.90 Å². The van der Waals surface area contributed by atoms with Gasteiger partial charge in [-0.2, -0.15) is 0 Å². The van der Waals surface area contributed by atoms with Crippen molar-refractivity contribution < 1.29 is 14.4 Å². The Kier molecular flexibility index (Phi) is 4.90. The van der Waals surface area contributed by atoms with Crippen LogP contribution in [-0.2, 0) is 18.4 Å². The van der Waals surface area contributed by atoms with Gasteiger partial charge < -0.3 is 14.4 Å². The summed E-state index contributed by atoms with van der Waals surface area (Å²) in [6.45, 7) is 3.48. The van der Waals surface area contributed by atoms with Crippen LogP contribution in [0.3, 0.4) is 0 Å². The van der Waals surface area contributed by atoms with Gasteiger partial charge in [0.1, 0.15) is 11.2 Å². The van der Waals surface area contributed by atoms with Crippen molar-refractivity contribution in [2.24, 2.45) is 7.05 Å². The van der Waals surface area contributed by atoms with Crippen molar-refractivity contribution in [1.29, 1.82) is 0 Å². The molecule has 0 bridgehead atoms. The number of likely N-dealkylation sites (tertiary alicyclic amines) is 1. The van der Waals surface area contributed by atoms with Gasteiger partial charge in [0.2, 0.25) is 0 Å². The molecule has 0 unspecified atom stereocenters. The summed E-state index contributed by atoms with van der Waals surface area (Å²) in [4.78, 5) is 44.0. The zero-order chi connectivity index (χ0) is 20.6. The first-order valence-electron chi connectivity index (χ1n) is 10.1. The molecular weight excluding hydrogens is 368 g/mol. The number of nitrogens with zero attached hydrogens (tertiary/aromatic N) is 4.